The smallest absolute Gasteiger partial charge is 0.174 e. The van der Waals surface area contributed by atoms with E-state index in [1.165, 1.54) is 0 Å². The number of nitrogens with zero attached hydrogens (tertiary/aromatic N) is 2. The number of furan rings is 1. The Morgan fingerprint density at radius 3 is 2.80 bits per heavy atom. The van der Waals surface area contributed by atoms with E-state index in [2.05, 4.69) is 10.3 Å². The van der Waals surface area contributed by atoms with Gasteiger partial charge in [-0.15, -0.1) is 0 Å². The Hall–Kier alpha value is -2.57. The molecule has 0 radical (unpaired) electrons. The van der Waals surface area contributed by atoms with Gasteiger partial charge in [-0.3, -0.25) is 4.98 Å². The fourth-order valence-electron chi connectivity index (χ4n) is 3.05. The minimum Gasteiger partial charge on any atom is -0.506 e. The van der Waals surface area contributed by atoms with Gasteiger partial charge in [0.1, 0.15) is 17.6 Å². The zero-order valence-corrected chi connectivity index (χ0v) is 14.5. The number of hydrogen-bond donors (Lipinski definition) is 2. The Morgan fingerprint density at radius 1 is 1.20 bits per heavy atom. The summed E-state index contributed by atoms with van der Waals surface area (Å²) in [6.07, 6.45) is 3.35. The monoisotopic (exact) mass is 371 g/mol. The zero-order chi connectivity index (χ0) is 17.4. The Morgan fingerprint density at radius 2 is 2.08 bits per heavy atom. The van der Waals surface area contributed by atoms with Gasteiger partial charge in [0.25, 0.3) is 0 Å². The molecule has 0 aliphatic carbocycles. The van der Waals surface area contributed by atoms with Crippen molar-refractivity contribution >= 4 is 34.6 Å². The molecule has 0 unspecified atom stereocenters. The number of thiocarbonyl (C=S) groups is 1. The maximum absolute atomic E-state index is 10.4. The van der Waals surface area contributed by atoms with Gasteiger partial charge in [-0.25, -0.2) is 0 Å². The fraction of sp³-hybridized carbons (Fsp3) is 0.111. The van der Waals surface area contributed by atoms with Crippen LogP contribution >= 0.6 is 23.8 Å². The standard InChI is InChI=1S/C18H14ClN3O2S/c19-11-6-7-14(23)13(10-11)22-17(15-5-3-9-24-15)16(21-18(22)25)12-4-1-2-8-20-12/h1-10,16-17,23H,(H,21,25)/t16-,17-/m0/s1. The van der Waals surface area contributed by atoms with E-state index >= 15 is 0 Å². The number of phenols is 1. The lowest BCUT2D eigenvalue weighted by Crippen LogP contribution is -2.29. The van der Waals surface area contributed by atoms with E-state index in [1.807, 2.05) is 35.2 Å². The van der Waals surface area contributed by atoms with Gasteiger partial charge in [-0.2, -0.15) is 0 Å². The molecule has 126 valence electrons. The first kappa shape index (κ1) is 15.9. The van der Waals surface area contributed by atoms with Crippen LogP contribution in [0.1, 0.15) is 23.5 Å². The van der Waals surface area contributed by atoms with Crippen LogP contribution in [-0.4, -0.2) is 15.2 Å². The van der Waals surface area contributed by atoms with E-state index in [1.54, 1.807) is 30.7 Å². The summed E-state index contributed by atoms with van der Waals surface area (Å²) in [5, 5.41) is 14.6. The highest BCUT2D eigenvalue weighted by atomic mass is 35.5. The van der Waals surface area contributed by atoms with Gasteiger partial charge in [0, 0.05) is 11.2 Å². The number of halogens is 1. The molecule has 3 heterocycles. The number of phenolic OH excluding ortho intramolecular Hbond substituents is 1. The first-order valence-corrected chi connectivity index (χ1v) is 8.46. The minimum atomic E-state index is -0.304. The number of hydrogen-bond acceptors (Lipinski definition) is 4. The molecule has 25 heavy (non-hydrogen) atoms. The summed E-state index contributed by atoms with van der Waals surface area (Å²) in [4.78, 5) is 6.26. The predicted octanol–water partition coefficient (Wildman–Crippen LogP) is 4.21. The summed E-state index contributed by atoms with van der Waals surface area (Å²) >= 11 is 11.7. The zero-order valence-electron chi connectivity index (χ0n) is 13.0. The van der Waals surface area contributed by atoms with Crippen molar-refractivity contribution in [3.63, 3.8) is 0 Å². The van der Waals surface area contributed by atoms with Crippen LogP contribution in [0.4, 0.5) is 5.69 Å². The Bertz CT molecular complexity index is 902. The van der Waals surface area contributed by atoms with Crippen molar-refractivity contribution in [1.29, 1.82) is 0 Å². The molecular formula is C18H14ClN3O2S. The van der Waals surface area contributed by atoms with Crippen molar-refractivity contribution in [2.45, 2.75) is 12.1 Å². The summed E-state index contributed by atoms with van der Waals surface area (Å²) in [6.45, 7) is 0. The van der Waals surface area contributed by atoms with E-state index in [4.69, 9.17) is 28.2 Å². The van der Waals surface area contributed by atoms with Crippen LogP contribution in [0.15, 0.2) is 65.4 Å². The summed E-state index contributed by atoms with van der Waals surface area (Å²) < 4.78 is 5.66. The summed E-state index contributed by atoms with van der Waals surface area (Å²) in [7, 11) is 0. The number of nitrogens with one attached hydrogen (secondary N) is 1. The Kier molecular flexibility index (Phi) is 4.07. The first-order valence-electron chi connectivity index (χ1n) is 7.68. The summed E-state index contributed by atoms with van der Waals surface area (Å²) in [6, 6.07) is 13.7. The maximum atomic E-state index is 10.4. The quantitative estimate of drug-likeness (QED) is 0.672. The molecule has 2 aromatic heterocycles. The lowest BCUT2D eigenvalue weighted by molar-refractivity contribution is 0.428. The van der Waals surface area contributed by atoms with Crippen molar-refractivity contribution in [1.82, 2.24) is 10.3 Å². The molecule has 5 nitrogen and oxygen atoms in total. The topological polar surface area (TPSA) is 61.5 Å². The van der Waals surface area contributed by atoms with Crippen LogP contribution in [0, 0.1) is 0 Å². The molecule has 1 fully saturated rings. The molecule has 2 atom stereocenters. The lowest BCUT2D eigenvalue weighted by atomic mass is 10.0. The van der Waals surface area contributed by atoms with Crippen LogP contribution < -0.4 is 10.2 Å². The second-order valence-corrected chi connectivity index (χ2v) is 6.47. The molecule has 0 saturated carbocycles. The molecule has 1 aliphatic heterocycles. The average molecular weight is 372 g/mol. The van der Waals surface area contributed by atoms with Gasteiger partial charge in [0.15, 0.2) is 5.11 Å². The molecule has 0 bridgehead atoms. The molecule has 1 aliphatic rings. The van der Waals surface area contributed by atoms with E-state index in [-0.39, 0.29) is 17.8 Å². The first-order chi connectivity index (χ1) is 12.1. The Labute approximate surface area is 154 Å². The molecular weight excluding hydrogens is 358 g/mol. The molecule has 3 aromatic rings. The van der Waals surface area contributed by atoms with Crippen LogP contribution in [0.25, 0.3) is 0 Å². The molecule has 4 rings (SSSR count). The van der Waals surface area contributed by atoms with Gasteiger partial charge >= 0.3 is 0 Å². The van der Waals surface area contributed by atoms with Crippen LogP contribution in [0.2, 0.25) is 5.02 Å². The number of rotatable bonds is 3. The highest BCUT2D eigenvalue weighted by Crippen LogP contribution is 2.44. The van der Waals surface area contributed by atoms with Crippen molar-refractivity contribution in [3.05, 3.63) is 77.5 Å². The van der Waals surface area contributed by atoms with Gasteiger partial charge in [-0.1, -0.05) is 17.7 Å². The number of pyridine rings is 1. The number of anilines is 1. The number of aromatic hydroxyl groups is 1. The largest absolute Gasteiger partial charge is 0.506 e. The van der Waals surface area contributed by atoms with Crippen molar-refractivity contribution in [3.8, 4) is 5.75 Å². The molecule has 1 saturated heterocycles. The minimum absolute atomic E-state index is 0.0896. The predicted molar refractivity (Wildman–Crippen MR) is 99.8 cm³/mol. The molecule has 7 heteroatoms. The fourth-order valence-corrected chi connectivity index (χ4v) is 3.56. The van der Waals surface area contributed by atoms with E-state index < -0.39 is 0 Å². The maximum Gasteiger partial charge on any atom is 0.174 e. The number of benzene rings is 1. The van der Waals surface area contributed by atoms with Gasteiger partial charge < -0.3 is 19.7 Å². The highest BCUT2D eigenvalue weighted by Gasteiger charge is 2.43. The molecule has 2 N–H and O–H groups in total. The van der Waals surface area contributed by atoms with Gasteiger partial charge in [0.05, 0.1) is 23.7 Å². The normalized spacial score (nSPS) is 19.9. The highest BCUT2D eigenvalue weighted by molar-refractivity contribution is 7.80. The molecule has 0 amide bonds. The second kappa shape index (κ2) is 6.38. The average Bonchev–Trinajstić information content (AvgIpc) is 3.25. The SMILES string of the molecule is Oc1ccc(Cl)cc1N1C(=S)N[C@@H](c2ccccn2)[C@@H]1c1ccco1. The van der Waals surface area contributed by atoms with Crippen LogP contribution in [0.5, 0.6) is 5.75 Å². The molecule has 1 aromatic carbocycles. The van der Waals surface area contributed by atoms with Gasteiger partial charge in [-0.05, 0) is 54.7 Å². The third-order valence-electron chi connectivity index (χ3n) is 4.13. The van der Waals surface area contributed by atoms with Crippen molar-refractivity contribution < 1.29 is 9.52 Å². The lowest BCUT2D eigenvalue weighted by Gasteiger charge is -2.26. The third kappa shape index (κ3) is 2.83. The van der Waals surface area contributed by atoms with Crippen molar-refractivity contribution in [2.75, 3.05) is 4.90 Å². The summed E-state index contributed by atoms with van der Waals surface area (Å²) in [5.41, 5.74) is 1.35. The third-order valence-corrected chi connectivity index (χ3v) is 4.68. The van der Waals surface area contributed by atoms with E-state index in [0.29, 0.717) is 21.6 Å². The van der Waals surface area contributed by atoms with E-state index in [9.17, 15) is 5.11 Å². The number of aromatic nitrogens is 1. The van der Waals surface area contributed by atoms with Crippen LogP contribution in [-0.2, 0) is 0 Å². The van der Waals surface area contributed by atoms with Gasteiger partial charge in [0.2, 0.25) is 0 Å². The van der Waals surface area contributed by atoms with Crippen LogP contribution in [0.3, 0.4) is 0 Å². The molecule has 0 spiro atoms. The van der Waals surface area contributed by atoms with E-state index in [0.717, 1.165) is 5.69 Å². The van der Waals surface area contributed by atoms with Crippen molar-refractivity contribution in [2.24, 2.45) is 0 Å². The summed E-state index contributed by atoms with van der Waals surface area (Å²) in [5.74, 6) is 0.800. The second-order valence-electron chi connectivity index (χ2n) is 5.65. The Balaban J connectivity index is 1.85.